The number of aromatic amines is 1. The third kappa shape index (κ3) is 6.95. The molecule has 0 saturated carbocycles. The number of amidine groups is 1. The Labute approximate surface area is 265 Å². The summed E-state index contributed by atoms with van der Waals surface area (Å²) in [6.45, 7) is 2.25. The van der Waals surface area contributed by atoms with E-state index in [2.05, 4.69) is 30.6 Å². The van der Waals surface area contributed by atoms with Crippen molar-refractivity contribution in [2.75, 3.05) is 26.9 Å². The molecule has 1 amide bonds. The molecule has 1 aromatic heterocycles. The fourth-order valence-electron chi connectivity index (χ4n) is 4.53. The second-order valence-corrected chi connectivity index (χ2v) is 11.3. The first-order valence-corrected chi connectivity index (χ1v) is 15.1. The van der Waals surface area contributed by atoms with Crippen LogP contribution in [-0.2, 0) is 20.7 Å². The summed E-state index contributed by atoms with van der Waals surface area (Å²) in [5.74, 6) is -0.0312. The molecule has 226 valence electrons. The molecule has 13 heteroatoms. The molecule has 4 aromatic rings. The average molecular weight is 680 g/mol. The van der Waals surface area contributed by atoms with Crippen molar-refractivity contribution in [2.45, 2.75) is 13.3 Å². The number of hydrogen-bond donors (Lipinski definition) is 1. The third-order valence-corrected chi connectivity index (χ3v) is 8.24. The van der Waals surface area contributed by atoms with Crippen LogP contribution >= 0.6 is 27.7 Å². The number of nitro groups is 1. The molecular weight excluding hydrogens is 652 g/mol. The van der Waals surface area contributed by atoms with Crippen molar-refractivity contribution < 1.29 is 28.7 Å². The maximum absolute atomic E-state index is 13.8. The summed E-state index contributed by atoms with van der Waals surface area (Å²) >= 11 is 4.70. The molecule has 0 unspecified atom stereocenters. The minimum absolute atomic E-state index is 0.0458. The van der Waals surface area contributed by atoms with E-state index in [0.717, 1.165) is 16.5 Å². The number of fused-ring (bicyclic) bond motifs is 1. The molecule has 0 aliphatic carbocycles. The number of methoxy groups -OCH3 is 1. The predicted octanol–water partition coefficient (Wildman–Crippen LogP) is 6.64. The number of benzene rings is 3. The van der Waals surface area contributed by atoms with Gasteiger partial charge in [-0.1, -0.05) is 18.2 Å². The molecule has 0 spiro atoms. The van der Waals surface area contributed by atoms with Crippen LogP contribution in [0.4, 0.5) is 11.4 Å². The van der Waals surface area contributed by atoms with E-state index in [1.165, 1.54) is 31.0 Å². The third-order valence-electron chi connectivity index (χ3n) is 6.64. The van der Waals surface area contributed by atoms with Gasteiger partial charge in [0.15, 0.2) is 23.3 Å². The van der Waals surface area contributed by atoms with Gasteiger partial charge < -0.3 is 19.2 Å². The maximum Gasteiger partial charge on any atom is 0.343 e. The van der Waals surface area contributed by atoms with Crippen LogP contribution in [0.1, 0.15) is 18.1 Å². The number of nitrogens with zero attached hydrogens (tertiary/aromatic N) is 3. The highest BCUT2D eigenvalue weighted by Gasteiger charge is 2.33. The van der Waals surface area contributed by atoms with Crippen molar-refractivity contribution in [1.29, 1.82) is 0 Å². The summed E-state index contributed by atoms with van der Waals surface area (Å²) in [4.78, 5) is 46.1. The fourth-order valence-corrected chi connectivity index (χ4v) is 6.13. The zero-order valence-corrected chi connectivity index (χ0v) is 26.1. The second-order valence-electron chi connectivity index (χ2n) is 9.47. The van der Waals surface area contributed by atoms with Crippen molar-refractivity contribution in [2.24, 2.45) is 4.99 Å². The number of hydrogen-bond acceptors (Lipinski definition) is 9. The van der Waals surface area contributed by atoms with Gasteiger partial charge in [0.05, 0.1) is 33.7 Å². The molecule has 5 rings (SSSR count). The van der Waals surface area contributed by atoms with Gasteiger partial charge in [0.25, 0.3) is 11.6 Å². The SMILES string of the molecule is CCOc1cc(/C=C2\SC(=Nc3ccc([N+](=O)[O-])cc3)N(CCc3c[nH]c4ccccc34)C2=O)cc(Br)c1OCC(=O)OC. The molecule has 0 atom stereocenters. The smallest absolute Gasteiger partial charge is 0.343 e. The minimum atomic E-state index is -0.536. The Bertz CT molecular complexity index is 1790. The summed E-state index contributed by atoms with van der Waals surface area (Å²) in [6.07, 6.45) is 4.26. The van der Waals surface area contributed by atoms with Gasteiger partial charge in [-0.2, -0.15) is 0 Å². The molecule has 3 aromatic carbocycles. The Morgan fingerprint density at radius 3 is 2.66 bits per heavy atom. The van der Waals surface area contributed by atoms with Crippen LogP contribution in [0.15, 0.2) is 81.2 Å². The quantitative estimate of drug-likeness (QED) is 0.0807. The number of carbonyl (C=O) groups excluding carboxylic acids is 2. The van der Waals surface area contributed by atoms with E-state index in [0.29, 0.717) is 56.9 Å². The monoisotopic (exact) mass is 678 g/mol. The number of rotatable bonds is 11. The Morgan fingerprint density at radius 1 is 1.16 bits per heavy atom. The van der Waals surface area contributed by atoms with E-state index in [1.807, 2.05) is 37.4 Å². The first-order valence-electron chi connectivity index (χ1n) is 13.5. The highest BCUT2D eigenvalue weighted by molar-refractivity contribution is 9.10. The summed E-state index contributed by atoms with van der Waals surface area (Å²) in [5, 5.41) is 12.6. The lowest BCUT2D eigenvalue weighted by Gasteiger charge is -2.15. The van der Waals surface area contributed by atoms with Crippen molar-refractivity contribution in [3.05, 3.63) is 97.5 Å². The van der Waals surface area contributed by atoms with Gasteiger partial charge in [-0.15, -0.1) is 0 Å². The Morgan fingerprint density at radius 2 is 1.93 bits per heavy atom. The van der Waals surface area contributed by atoms with Gasteiger partial charge in [0.2, 0.25) is 0 Å². The highest BCUT2D eigenvalue weighted by Crippen LogP contribution is 2.40. The molecule has 1 aliphatic rings. The van der Waals surface area contributed by atoms with Crippen LogP contribution in [0.3, 0.4) is 0 Å². The lowest BCUT2D eigenvalue weighted by molar-refractivity contribution is -0.384. The number of para-hydroxylation sites is 1. The molecule has 2 heterocycles. The lowest BCUT2D eigenvalue weighted by atomic mass is 10.1. The number of carbonyl (C=O) groups is 2. The van der Waals surface area contributed by atoms with Crippen LogP contribution in [0.2, 0.25) is 0 Å². The van der Waals surface area contributed by atoms with Crippen LogP contribution in [0, 0.1) is 10.1 Å². The maximum atomic E-state index is 13.8. The van der Waals surface area contributed by atoms with Gasteiger partial charge in [0.1, 0.15) is 0 Å². The number of ether oxygens (including phenoxy) is 3. The number of esters is 1. The average Bonchev–Trinajstić information content (AvgIpc) is 3.55. The van der Waals surface area contributed by atoms with E-state index in [1.54, 1.807) is 35.2 Å². The molecule has 1 saturated heterocycles. The molecule has 44 heavy (non-hydrogen) atoms. The lowest BCUT2D eigenvalue weighted by Crippen LogP contribution is -2.31. The van der Waals surface area contributed by atoms with Crippen molar-refractivity contribution in [3.8, 4) is 11.5 Å². The minimum Gasteiger partial charge on any atom is -0.490 e. The molecule has 0 radical (unpaired) electrons. The number of aromatic nitrogens is 1. The number of H-pyrrole nitrogens is 1. The Kier molecular flexibility index (Phi) is 9.65. The number of amides is 1. The van der Waals surface area contributed by atoms with Gasteiger partial charge in [-0.3, -0.25) is 19.8 Å². The fraction of sp³-hybridized carbons (Fsp3) is 0.194. The molecular formula is C31H27BrN4O7S. The Balaban J connectivity index is 1.46. The topological polar surface area (TPSA) is 136 Å². The highest BCUT2D eigenvalue weighted by atomic mass is 79.9. The van der Waals surface area contributed by atoms with Crippen LogP contribution in [0.25, 0.3) is 17.0 Å². The van der Waals surface area contributed by atoms with Crippen molar-refractivity contribution in [1.82, 2.24) is 9.88 Å². The number of nitrogens with one attached hydrogen (secondary N) is 1. The van der Waals surface area contributed by atoms with E-state index >= 15 is 0 Å². The van der Waals surface area contributed by atoms with Gasteiger partial charge in [-0.25, -0.2) is 9.79 Å². The van der Waals surface area contributed by atoms with Gasteiger partial charge in [0, 0.05) is 35.8 Å². The van der Waals surface area contributed by atoms with E-state index in [9.17, 15) is 19.7 Å². The van der Waals surface area contributed by atoms with E-state index < -0.39 is 10.9 Å². The zero-order chi connectivity index (χ0) is 31.2. The normalized spacial score (nSPS) is 14.9. The standard InChI is InChI=1S/C31H27BrN4O7S/c1-3-42-26-15-19(14-24(32)29(26)43-18-28(37)41-2)16-27-30(38)35(13-12-20-17-33-25-7-5-4-6-23(20)25)31(44-27)34-21-8-10-22(11-9-21)36(39)40/h4-11,14-17,33H,3,12-13,18H2,1-2H3/b27-16-,34-31?. The van der Waals surface area contributed by atoms with Crippen LogP contribution in [0.5, 0.6) is 11.5 Å². The van der Waals surface area contributed by atoms with Crippen molar-refractivity contribution >= 4 is 73.1 Å². The summed E-state index contributed by atoms with van der Waals surface area (Å²) < 4.78 is 16.6. The number of halogens is 1. The van der Waals surface area contributed by atoms with E-state index in [-0.39, 0.29) is 18.2 Å². The van der Waals surface area contributed by atoms with E-state index in [4.69, 9.17) is 9.47 Å². The van der Waals surface area contributed by atoms with Crippen LogP contribution in [-0.4, -0.2) is 58.7 Å². The number of thioether (sulfide) groups is 1. The second kappa shape index (κ2) is 13.8. The molecule has 11 nitrogen and oxygen atoms in total. The first kappa shape index (κ1) is 30.8. The summed E-state index contributed by atoms with van der Waals surface area (Å²) in [5.41, 5.74) is 3.18. The zero-order valence-electron chi connectivity index (χ0n) is 23.7. The molecule has 0 bridgehead atoms. The van der Waals surface area contributed by atoms with Gasteiger partial charge in [-0.05, 0) is 88.6 Å². The predicted molar refractivity (Wildman–Crippen MR) is 172 cm³/mol. The Hall–Kier alpha value is -4.62. The molecule has 1 fully saturated rings. The molecule has 1 N–H and O–H groups in total. The summed E-state index contributed by atoms with van der Waals surface area (Å²) in [6, 6.07) is 17.3. The number of nitro benzene ring substituents is 1. The largest absolute Gasteiger partial charge is 0.490 e. The van der Waals surface area contributed by atoms with Gasteiger partial charge >= 0.3 is 5.97 Å². The molecule has 1 aliphatic heterocycles. The summed E-state index contributed by atoms with van der Waals surface area (Å²) in [7, 11) is 1.28. The van der Waals surface area contributed by atoms with Crippen molar-refractivity contribution in [3.63, 3.8) is 0 Å². The first-order chi connectivity index (χ1) is 21.3. The number of aliphatic imine (C=N–C) groups is 1. The van der Waals surface area contributed by atoms with Crippen LogP contribution < -0.4 is 9.47 Å². The number of non-ortho nitro benzene ring substituents is 1.